The third-order valence-corrected chi connectivity index (χ3v) is 7.38. The Morgan fingerprint density at radius 3 is 2.56 bits per heavy atom. The number of amides is 1. The van der Waals surface area contributed by atoms with E-state index in [-0.39, 0.29) is 21.9 Å². The number of sulfonamides is 1. The van der Waals surface area contributed by atoms with Gasteiger partial charge >= 0.3 is 0 Å². The van der Waals surface area contributed by atoms with Gasteiger partial charge in [0.05, 0.1) is 5.69 Å². The summed E-state index contributed by atoms with van der Waals surface area (Å²) in [6.45, 7) is 3.74. The van der Waals surface area contributed by atoms with Crippen molar-refractivity contribution in [3.05, 3.63) is 83.4 Å². The number of nitrogens with one attached hydrogen (secondary N) is 2. The SMILES string of the molecule is Cc1ccccc1C(=O)Nc1nnc(S(=O)(=O)NCc2ccccc2-n2ccnc2C)s1. The van der Waals surface area contributed by atoms with E-state index < -0.39 is 10.0 Å². The highest BCUT2D eigenvalue weighted by molar-refractivity contribution is 7.91. The maximum Gasteiger partial charge on any atom is 0.270 e. The van der Waals surface area contributed by atoms with Gasteiger partial charge < -0.3 is 4.57 Å². The molecule has 11 heteroatoms. The van der Waals surface area contributed by atoms with Crippen molar-refractivity contribution < 1.29 is 13.2 Å². The van der Waals surface area contributed by atoms with Gasteiger partial charge in [0, 0.05) is 24.5 Å². The average molecular weight is 469 g/mol. The summed E-state index contributed by atoms with van der Waals surface area (Å²) in [4.78, 5) is 16.7. The number of carbonyl (C=O) groups excluding carboxylic acids is 1. The molecule has 0 spiro atoms. The minimum Gasteiger partial charge on any atom is -0.304 e. The molecule has 32 heavy (non-hydrogen) atoms. The Balaban J connectivity index is 1.48. The van der Waals surface area contributed by atoms with E-state index >= 15 is 0 Å². The molecular formula is C21H20N6O3S2. The fourth-order valence-electron chi connectivity index (χ4n) is 3.12. The highest BCUT2D eigenvalue weighted by atomic mass is 32.2. The Bertz CT molecular complexity index is 1380. The van der Waals surface area contributed by atoms with Crippen LogP contribution in [-0.2, 0) is 16.6 Å². The summed E-state index contributed by atoms with van der Waals surface area (Å²) in [6.07, 6.45) is 3.50. The maximum absolute atomic E-state index is 12.8. The van der Waals surface area contributed by atoms with Crippen LogP contribution >= 0.6 is 11.3 Å². The highest BCUT2D eigenvalue weighted by Crippen LogP contribution is 2.22. The lowest BCUT2D eigenvalue weighted by Gasteiger charge is -2.12. The molecule has 0 fully saturated rings. The second kappa shape index (κ2) is 8.99. The Labute approximate surface area is 189 Å². The third kappa shape index (κ3) is 4.59. The standard InChI is InChI=1S/C21H20N6O3S2/c1-14-7-3-5-9-17(14)19(28)24-20-25-26-21(31-20)32(29,30)23-13-16-8-4-6-10-18(16)27-12-11-22-15(27)2/h3-12,23H,13H2,1-2H3,(H,24,25,28). The van der Waals surface area contributed by atoms with Crippen LogP contribution in [-0.4, -0.2) is 34.1 Å². The number of hydrogen-bond donors (Lipinski definition) is 2. The number of aromatic nitrogens is 4. The topological polar surface area (TPSA) is 119 Å². The van der Waals surface area contributed by atoms with E-state index in [1.807, 2.05) is 61.0 Å². The summed E-state index contributed by atoms with van der Waals surface area (Å²) in [7, 11) is -3.92. The van der Waals surface area contributed by atoms with E-state index in [0.717, 1.165) is 34.0 Å². The van der Waals surface area contributed by atoms with Crippen LogP contribution in [0.3, 0.4) is 0 Å². The van der Waals surface area contributed by atoms with Gasteiger partial charge in [-0.2, -0.15) is 0 Å². The van der Waals surface area contributed by atoms with E-state index in [9.17, 15) is 13.2 Å². The number of para-hydroxylation sites is 1. The molecule has 0 aliphatic rings. The van der Waals surface area contributed by atoms with Crippen molar-refractivity contribution in [3.63, 3.8) is 0 Å². The smallest absolute Gasteiger partial charge is 0.270 e. The van der Waals surface area contributed by atoms with Gasteiger partial charge in [-0.15, -0.1) is 10.2 Å². The van der Waals surface area contributed by atoms with Crippen molar-refractivity contribution in [2.75, 3.05) is 5.32 Å². The number of imidazole rings is 1. The number of carbonyl (C=O) groups is 1. The van der Waals surface area contributed by atoms with Gasteiger partial charge in [0.25, 0.3) is 15.9 Å². The molecule has 164 valence electrons. The molecule has 0 bridgehead atoms. The van der Waals surface area contributed by atoms with Gasteiger partial charge in [-0.1, -0.05) is 47.7 Å². The lowest BCUT2D eigenvalue weighted by atomic mass is 10.1. The molecule has 0 atom stereocenters. The molecule has 0 saturated heterocycles. The molecule has 2 heterocycles. The summed E-state index contributed by atoms with van der Waals surface area (Å²) < 4.78 is 29.7. The van der Waals surface area contributed by atoms with Gasteiger partial charge in [-0.05, 0) is 37.1 Å². The number of aryl methyl sites for hydroxylation is 2. The van der Waals surface area contributed by atoms with Crippen LogP contribution < -0.4 is 10.0 Å². The number of nitrogens with zero attached hydrogens (tertiary/aromatic N) is 4. The predicted molar refractivity (Wildman–Crippen MR) is 121 cm³/mol. The highest BCUT2D eigenvalue weighted by Gasteiger charge is 2.22. The average Bonchev–Trinajstić information content (AvgIpc) is 3.42. The minimum atomic E-state index is -3.92. The summed E-state index contributed by atoms with van der Waals surface area (Å²) in [5.74, 6) is 0.416. The summed E-state index contributed by atoms with van der Waals surface area (Å²) in [6, 6.07) is 14.5. The summed E-state index contributed by atoms with van der Waals surface area (Å²) >= 11 is 0.788. The molecule has 2 aromatic carbocycles. The Hall–Kier alpha value is -3.41. The molecule has 4 aromatic rings. The lowest BCUT2D eigenvalue weighted by molar-refractivity contribution is 0.102. The number of benzene rings is 2. The quantitative estimate of drug-likeness (QED) is 0.402. The van der Waals surface area contributed by atoms with Crippen LogP contribution in [0.2, 0.25) is 0 Å². The molecular weight excluding hydrogens is 448 g/mol. The van der Waals surface area contributed by atoms with E-state index in [1.54, 1.807) is 18.3 Å². The molecule has 0 radical (unpaired) electrons. The first-order valence-electron chi connectivity index (χ1n) is 9.63. The second-order valence-corrected chi connectivity index (χ2v) is 9.86. The van der Waals surface area contributed by atoms with Crippen molar-refractivity contribution in [2.24, 2.45) is 0 Å². The van der Waals surface area contributed by atoms with Crippen LogP contribution in [0.25, 0.3) is 5.69 Å². The van der Waals surface area contributed by atoms with Crippen LogP contribution in [0.15, 0.2) is 65.3 Å². The van der Waals surface area contributed by atoms with E-state index in [2.05, 4.69) is 25.2 Å². The zero-order chi connectivity index (χ0) is 22.7. The van der Waals surface area contributed by atoms with Crippen molar-refractivity contribution >= 4 is 32.4 Å². The van der Waals surface area contributed by atoms with E-state index in [1.165, 1.54) is 0 Å². The number of hydrogen-bond acceptors (Lipinski definition) is 7. The maximum atomic E-state index is 12.8. The van der Waals surface area contributed by atoms with Crippen molar-refractivity contribution in [1.29, 1.82) is 0 Å². The summed E-state index contributed by atoms with van der Waals surface area (Å²) in [5.41, 5.74) is 2.89. The molecule has 9 nitrogen and oxygen atoms in total. The first-order chi connectivity index (χ1) is 15.3. The van der Waals surface area contributed by atoms with E-state index in [0.29, 0.717) is 5.56 Å². The second-order valence-electron chi connectivity index (χ2n) is 6.94. The minimum absolute atomic E-state index is 0.0562. The Morgan fingerprint density at radius 1 is 1.06 bits per heavy atom. The zero-order valence-electron chi connectivity index (χ0n) is 17.3. The van der Waals surface area contributed by atoms with E-state index in [4.69, 9.17) is 0 Å². The fraction of sp³-hybridized carbons (Fsp3) is 0.143. The van der Waals surface area contributed by atoms with Crippen molar-refractivity contribution in [2.45, 2.75) is 24.7 Å². The molecule has 0 aliphatic heterocycles. The largest absolute Gasteiger partial charge is 0.304 e. The number of anilines is 1. The predicted octanol–water partition coefficient (Wildman–Crippen LogP) is 3.07. The third-order valence-electron chi connectivity index (χ3n) is 4.78. The monoisotopic (exact) mass is 468 g/mol. The molecule has 2 N–H and O–H groups in total. The molecule has 2 aromatic heterocycles. The first-order valence-corrected chi connectivity index (χ1v) is 11.9. The lowest BCUT2D eigenvalue weighted by Crippen LogP contribution is -2.24. The molecule has 0 unspecified atom stereocenters. The van der Waals surface area contributed by atoms with Gasteiger partial charge in [0.2, 0.25) is 9.47 Å². The van der Waals surface area contributed by atoms with Crippen LogP contribution in [0.1, 0.15) is 27.3 Å². The van der Waals surface area contributed by atoms with Gasteiger partial charge in [0.15, 0.2) is 0 Å². The Morgan fingerprint density at radius 2 is 1.81 bits per heavy atom. The van der Waals surface area contributed by atoms with Gasteiger partial charge in [-0.25, -0.2) is 18.1 Å². The molecule has 1 amide bonds. The van der Waals surface area contributed by atoms with Crippen LogP contribution in [0, 0.1) is 13.8 Å². The van der Waals surface area contributed by atoms with Crippen LogP contribution in [0.4, 0.5) is 5.13 Å². The molecule has 0 aliphatic carbocycles. The molecule has 4 rings (SSSR count). The summed E-state index contributed by atoms with van der Waals surface area (Å²) in [5, 5.41) is 10.3. The van der Waals surface area contributed by atoms with Gasteiger partial charge in [-0.3, -0.25) is 10.1 Å². The Kier molecular flexibility index (Phi) is 6.12. The van der Waals surface area contributed by atoms with Crippen molar-refractivity contribution in [3.8, 4) is 5.69 Å². The van der Waals surface area contributed by atoms with Gasteiger partial charge in [0.1, 0.15) is 5.82 Å². The molecule has 0 saturated carbocycles. The van der Waals surface area contributed by atoms with Crippen molar-refractivity contribution in [1.82, 2.24) is 24.5 Å². The number of rotatable bonds is 7. The fourth-order valence-corrected chi connectivity index (χ4v) is 5.07. The van der Waals surface area contributed by atoms with Crippen LogP contribution in [0.5, 0.6) is 0 Å². The zero-order valence-corrected chi connectivity index (χ0v) is 18.9. The normalized spacial score (nSPS) is 11.4. The first kappa shape index (κ1) is 21.8.